The fraction of sp³-hybridized carbons (Fsp3) is 0.304. The van der Waals surface area contributed by atoms with Crippen LogP contribution in [0.25, 0.3) is 10.9 Å². The lowest BCUT2D eigenvalue weighted by atomic mass is 10.1. The Morgan fingerprint density at radius 1 is 1.18 bits per heavy atom. The number of aromatic amines is 1. The van der Waals surface area contributed by atoms with Crippen LogP contribution in [0.2, 0.25) is 0 Å². The Hall–Kier alpha value is -3.08. The number of hydrogen-bond donors (Lipinski definition) is 2. The highest BCUT2D eigenvalue weighted by atomic mass is 16.2. The maximum atomic E-state index is 12.6. The second kappa shape index (κ2) is 7.50. The van der Waals surface area contributed by atoms with Gasteiger partial charge in [0, 0.05) is 42.3 Å². The van der Waals surface area contributed by atoms with Gasteiger partial charge in [-0.3, -0.25) is 9.59 Å². The first kappa shape index (κ1) is 18.3. The zero-order chi connectivity index (χ0) is 19.7. The SMILES string of the molecule is Cc1cc(C)cc(NC(=O)C2CC(=O)N(CCc3c[nH]c4ccccc34)C2)c1. The summed E-state index contributed by atoms with van der Waals surface area (Å²) >= 11 is 0. The van der Waals surface area contributed by atoms with Crippen LogP contribution in [0.15, 0.2) is 48.7 Å². The smallest absolute Gasteiger partial charge is 0.229 e. The second-order valence-corrected chi connectivity index (χ2v) is 7.72. The Bertz CT molecular complexity index is 1020. The zero-order valence-electron chi connectivity index (χ0n) is 16.3. The number of H-pyrrole nitrogens is 1. The number of rotatable bonds is 5. The molecule has 0 aliphatic carbocycles. The van der Waals surface area contributed by atoms with E-state index in [0.29, 0.717) is 13.1 Å². The molecule has 4 rings (SSSR count). The maximum absolute atomic E-state index is 12.6. The van der Waals surface area contributed by atoms with Crippen molar-refractivity contribution in [2.75, 3.05) is 18.4 Å². The molecule has 1 aliphatic heterocycles. The summed E-state index contributed by atoms with van der Waals surface area (Å²) in [6.07, 6.45) is 3.07. The Kier molecular flexibility index (Phi) is 4.90. The molecule has 2 N–H and O–H groups in total. The lowest BCUT2D eigenvalue weighted by molar-refractivity contribution is -0.128. The summed E-state index contributed by atoms with van der Waals surface area (Å²) in [5.41, 5.74) is 5.32. The highest BCUT2D eigenvalue weighted by Crippen LogP contribution is 2.23. The van der Waals surface area contributed by atoms with E-state index in [-0.39, 0.29) is 24.2 Å². The number of benzene rings is 2. The number of carbonyl (C=O) groups is 2. The van der Waals surface area contributed by atoms with Crippen LogP contribution in [-0.2, 0) is 16.0 Å². The number of hydrogen-bond acceptors (Lipinski definition) is 2. The van der Waals surface area contributed by atoms with E-state index in [1.165, 1.54) is 10.9 Å². The molecule has 1 atom stereocenters. The van der Waals surface area contributed by atoms with Crippen molar-refractivity contribution < 1.29 is 9.59 Å². The molecule has 3 aromatic rings. The van der Waals surface area contributed by atoms with Gasteiger partial charge < -0.3 is 15.2 Å². The zero-order valence-corrected chi connectivity index (χ0v) is 16.3. The molecule has 1 aliphatic rings. The van der Waals surface area contributed by atoms with Crippen molar-refractivity contribution in [1.82, 2.24) is 9.88 Å². The van der Waals surface area contributed by atoms with Gasteiger partial charge in [-0.15, -0.1) is 0 Å². The van der Waals surface area contributed by atoms with Gasteiger partial charge in [-0.05, 0) is 55.2 Å². The number of anilines is 1. The number of nitrogens with one attached hydrogen (secondary N) is 2. The van der Waals surface area contributed by atoms with Crippen LogP contribution in [0, 0.1) is 19.8 Å². The molecule has 0 spiro atoms. The van der Waals surface area contributed by atoms with Crippen molar-refractivity contribution in [3.63, 3.8) is 0 Å². The normalized spacial score (nSPS) is 16.7. The van der Waals surface area contributed by atoms with Crippen LogP contribution >= 0.6 is 0 Å². The number of fused-ring (bicyclic) bond motifs is 1. The lowest BCUT2D eigenvalue weighted by Crippen LogP contribution is -2.30. The molecule has 28 heavy (non-hydrogen) atoms. The average Bonchev–Trinajstić information content (AvgIpc) is 3.22. The summed E-state index contributed by atoms with van der Waals surface area (Å²) < 4.78 is 0. The highest BCUT2D eigenvalue weighted by Gasteiger charge is 2.34. The van der Waals surface area contributed by atoms with Gasteiger partial charge in [0.05, 0.1) is 5.92 Å². The fourth-order valence-corrected chi connectivity index (χ4v) is 4.05. The molecule has 5 nitrogen and oxygen atoms in total. The molecule has 2 aromatic carbocycles. The van der Waals surface area contributed by atoms with Crippen molar-refractivity contribution in [1.29, 1.82) is 0 Å². The highest BCUT2D eigenvalue weighted by molar-refractivity contribution is 5.97. The van der Waals surface area contributed by atoms with Gasteiger partial charge in [-0.2, -0.15) is 0 Å². The molecule has 1 unspecified atom stereocenters. The number of amides is 2. The van der Waals surface area contributed by atoms with Gasteiger partial charge >= 0.3 is 0 Å². The summed E-state index contributed by atoms with van der Waals surface area (Å²) in [4.78, 5) is 30.1. The Balaban J connectivity index is 1.37. The first-order valence-electron chi connectivity index (χ1n) is 9.71. The number of carbonyl (C=O) groups excluding carboxylic acids is 2. The third-order valence-electron chi connectivity index (χ3n) is 5.40. The molecular weight excluding hydrogens is 350 g/mol. The van der Waals surface area contributed by atoms with Gasteiger partial charge in [0.1, 0.15) is 0 Å². The van der Waals surface area contributed by atoms with E-state index in [1.54, 1.807) is 0 Å². The largest absolute Gasteiger partial charge is 0.361 e. The molecular formula is C23H25N3O2. The fourth-order valence-electron chi connectivity index (χ4n) is 4.05. The Morgan fingerprint density at radius 3 is 2.71 bits per heavy atom. The van der Waals surface area contributed by atoms with E-state index in [4.69, 9.17) is 0 Å². The molecule has 2 heterocycles. The van der Waals surface area contributed by atoms with E-state index < -0.39 is 0 Å². The third kappa shape index (κ3) is 3.79. The summed E-state index contributed by atoms with van der Waals surface area (Å²) in [7, 11) is 0. The topological polar surface area (TPSA) is 65.2 Å². The molecule has 5 heteroatoms. The van der Waals surface area contributed by atoms with E-state index in [0.717, 1.165) is 28.8 Å². The number of aryl methyl sites for hydroxylation is 2. The van der Waals surface area contributed by atoms with Crippen LogP contribution in [0.1, 0.15) is 23.1 Å². The first-order valence-corrected chi connectivity index (χ1v) is 9.71. The second-order valence-electron chi connectivity index (χ2n) is 7.72. The minimum absolute atomic E-state index is 0.0559. The summed E-state index contributed by atoms with van der Waals surface area (Å²) in [6.45, 7) is 5.13. The maximum Gasteiger partial charge on any atom is 0.229 e. The molecule has 1 saturated heterocycles. The molecule has 2 amide bonds. The third-order valence-corrected chi connectivity index (χ3v) is 5.40. The van der Waals surface area contributed by atoms with Gasteiger partial charge in [0.2, 0.25) is 11.8 Å². The number of aromatic nitrogens is 1. The first-order chi connectivity index (χ1) is 13.5. The molecule has 1 fully saturated rings. The predicted octanol–water partition coefficient (Wildman–Crippen LogP) is 3.81. The van der Waals surface area contributed by atoms with Crippen molar-refractivity contribution in [2.24, 2.45) is 5.92 Å². The van der Waals surface area contributed by atoms with Gasteiger partial charge in [-0.25, -0.2) is 0 Å². The van der Waals surface area contributed by atoms with E-state index >= 15 is 0 Å². The Labute approximate surface area is 164 Å². The molecule has 0 saturated carbocycles. The standard InChI is InChI=1S/C23H25N3O2/c1-15-9-16(2)11-19(10-15)25-23(28)18-12-22(27)26(14-18)8-7-17-13-24-21-6-4-3-5-20(17)21/h3-6,9-11,13,18,24H,7-8,12,14H2,1-2H3,(H,25,28). The Morgan fingerprint density at radius 2 is 1.93 bits per heavy atom. The molecule has 1 aromatic heterocycles. The van der Waals surface area contributed by atoms with Crippen LogP contribution < -0.4 is 5.32 Å². The van der Waals surface area contributed by atoms with Crippen LogP contribution in [0.4, 0.5) is 5.69 Å². The molecule has 144 valence electrons. The van der Waals surface area contributed by atoms with Crippen molar-refractivity contribution in [3.8, 4) is 0 Å². The van der Waals surface area contributed by atoms with E-state index in [2.05, 4.69) is 22.4 Å². The van der Waals surface area contributed by atoms with Gasteiger partial charge in [0.25, 0.3) is 0 Å². The molecule has 0 radical (unpaired) electrons. The van der Waals surface area contributed by atoms with Crippen LogP contribution in [0.5, 0.6) is 0 Å². The number of para-hydroxylation sites is 1. The van der Waals surface area contributed by atoms with Crippen molar-refractivity contribution >= 4 is 28.4 Å². The van der Waals surface area contributed by atoms with Crippen LogP contribution in [-0.4, -0.2) is 34.8 Å². The van der Waals surface area contributed by atoms with Crippen LogP contribution in [0.3, 0.4) is 0 Å². The van der Waals surface area contributed by atoms with Crippen molar-refractivity contribution in [2.45, 2.75) is 26.7 Å². The quantitative estimate of drug-likeness (QED) is 0.712. The average molecular weight is 375 g/mol. The molecule has 0 bridgehead atoms. The minimum atomic E-state index is -0.295. The van der Waals surface area contributed by atoms with E-state index in [9.17, 15) is 9.59 Å². The number of likely N-dealkylation sites (tertiary alicyclic amines) is 1. The summed E-state index contributed by atoms with van der Waals surface area (Å²) in [5, 5.41) is 4.17. The number of nitrogens with zero attached hydrogens (tertiary/aromatic N) is 1. The van der Waals surface area contributed by atoms with Crippen molar-refractivity contribution in [3.05, 3.63) is 65.4 Å². The minimum Gasteiger partial charge on any atom is -0.361 e. The summed E-state index contributed by atoms with van der Waals surface area (Å²) in [5.74, 6) is -0.315. The van der Waals surface area contributed by atoms with E-state index in [1.807, 2.05) is 55.3 Å². The predicted molar refractivity (Wildman–Crippen MR) is 111 cm³/mol. The van der Waals surface area contributed by atoms with Gasteiger partial charge in [-0.1, -0.05) is 24.3 Å². The lowest BCUT2D eigenvalue weighted by Gasteiger charge is -2.16. The van der Waals surface area contributed by atoms with Gasteiger partial charge in [0.15, 0.2) is 0 Å². The summed E-state index contributed by atoms with van der Waals surface area (Å²) in [6, 6.07) is 14.1. The monoisotopic (exact) mass is 375 g/mol.